The van der Waals surface area contributed by atoms with E-state index in [0.29, 0.717) is 5.69 Å². The zero-order chi connectivity index (χ0) is 9.14. The molecule has 0 atom stereocenters. The van der Waals surface area contributed by atoms with Crippen molar-refractivity contribution in [1.29, 1.82) is 0 Å². The van der Waals surface area contributed by atoms with Gasteiger partial charge in [0.2, 0.25) is 0 Å². The van der Waals surface area contributed by atoms with Crippen molar-refractivity contribution in [3.8, 4) is 0 Å². The molecule has 0 aliphatic carbocycles. The van der Waals surface area contributed by atoms with Crippen molar-refractivity contribution in [2.24, 2.45) is 0 Å². The molecule has 0 heterocycles. The largest absolute Gasteiger partial charge is 0.481 e. The van der Waals surface area contributed by atoms with Crippen LogP contribution < -0.4 is 5.73 Å². The Morgan fingerprint density at radius 3 is 2.75 bits per heavy atom. The number of nitrogens with two attached hydrogens (primary N) is 1. The lowest BCUT2D eigenvalue weighted by atomic mass is 10.1. The van der Waals surface area contributed by atoms with E-state index in [9.17, 15) is 4.79 Å². The van der Waals surface area contributed by atoms with Gasteiger partial charge in [0.15, 0.2) is 0 Å². The van der Waals surface area contributed by atoms with Crippen LogP contribution in [0.15, 0.2) is 18.2 Å². The Labute approximate surface area is 83.7 Å². The van der Waals surface area contributed by atoms with E-state index in [-0.39, 0.29) is 6.42 Å². The molecule has 0 aliphatic heterocycles. The predicted octanol–water partition coefficient (Wildman–Crippen LogP) is 1.50. The molecule has 0 bridgehead atoms. The average molecular weight is 277 g/mol. The lowest BCUT2D eigenvalue weighted by Gasteiger charge is -2.00. The molecule has 0 fully saturated rings. The second kappa shape index (κ2) is 3.75. The molecule has 1 aromatic rings. The Hall–Kier alpha value is -0.780. The van der Waals surface area contributed by atoms with Gasteiger partial charge in [-0.15, -0.1) is 0 Å². The number of nitrogen functional groups attached to an aromatic ring is 1. The molecule has 0 unspecified atom stereocenters. The number of carbonyl (C=O) groups is 1. The van der Waals surface area contributed by atoms with Crippen LogP contribution in [0.3, 0.4) is 0 Å². The quantitative estimate of drug-likeness (QED) is 0.636. The SMILES string of the molecule is Nc1cc(CC(=O)O)ccc1I. The second-order valence-corrected chi connectivity index (χ2v) is 3.59. The lowest BCUT2D eigenvalue weighted by Crippen LogP contribution is -2.01. The number of carboxylic acid groups (broad SMARTS) is 1. The monoisotopic (exact) mass is 277 g/mol. The third kappa shape index (κ3) is 2.37. The van der Waals surface area contributed by atoms with Gasteiger partial charge in [-0.05, 0) is 40.3 Å². The van der Waals surface area contributed by atoms with Crippen molar-refractivity contribution in [1.82, 2.24) is 0 Å². The average Bonchev–Trinajstić information content (AvgIpc) is 1.96. The van der Waals surface area contributed by atoms with Gasteiger partial charge in [-0.2, -0.15) is 0 Å². The zero-order valence-electron chi connectivity index (χ0n) is 6.25. The third-order valence-corrected chi connectivity index (χ3v) is 2.40. The molecule has 0 amide bonds. The molecule has 3 nitrogen and oxygen atoms in total. The second-order valence-electron chi connectivity index (χ2n) is 2.43. The minimum absolute atomic E-state index is 0.0289. The van der Waals surface area contributed by atoms with Crippen molar-refractivity contribution in [2.75, 3.05) is 5.73 Å². The van der Waals surface area contributed by atoms with E-state index in [4.69, 9.17) is 10.8 Å². The maximum atomic E-state index is 10.3. The van der Waals surface area contributed by atoms with Crippen LogP contribution >= 0.6 is 22.6 Å². The number of hydrogen-bond acceptors (Lipinski definition) is 2. The van der Waals surface area contributed by atoms with Crippen molar-refractivity contribution in [3.63, 3.8) is 0 Å². The number of rotatable bonds is 2. The van der Waals surface area contributed by atoms with E-state index in [1.165, 1.54) is 0 Å². The molecular weight excluding hydrogens is 269 g/mol. The van der Waals surface area contributed by atoms with Gasteiger partial charge in [-0.3, -0.25) is 4.79 Å². The zero-order valence-corrected chi connectivity index (χ0v) is 8.41. The van der Waals surface area contributed by atoms with Crippen LogP contribution in [0.1, 0.15) is 5.56 Å². The summed E-state index contributed by atoms with van der Waals surface area (Å²) < 4.78 is 0.946. The van der Waals surface area contributed by atoms with Crippen LogP contribution in [0.4, 0.5) is 5.69 Å². The minimum Gasteiger partial charge on any atom is -0.481 e. The number of hydrogen-bond donors (Lipinski definition) is 2. The van der Waals surface area contributed by atoms with Crippen molar-refractivity contribution < 1.29 is 9.90 Å². The van der Waals surface area contributed by atoms with Crippen molar-refractivity contribution in [2.45, 2.75) is 6.42 Å². The first-order valence-electron chi connectivity index (χ1n) is 3.35. The van der Waals surface area contributed by atoms with Gasteiger partial charge in [0.25, 0.3) is 0 Å². The number of benzene rings is 1. The van der Waals surface area contributed by atoms with E-state index >= 15 is 0 Å². The summed E-state index contributed by atoms with van der Waals surface area (Å²) in [6, 6.07) is 5.27. The van der Waals surface area contributed by atoms with Gasteiger partial charge in [0, 0.05) is 9.26 Å². The van der Waals surface area contributed by atoms with Gasteiger partial charge in [-0.1, -0.05) is 6.07 Å². The summed E-state index contributed by atoms with van der Waals surface area (Å²) >= 11 is 2.10. The topological polar surface area (TPSA) is 63.3 Å². The normalized spacial score (nSPS) is 9.75. The highest BCUT2D eigenvalue weighted by molar-refractivity contribution is 14.1. The minimum atomic E-state index is -0.837. The summed E-state index contributed by atoms with van der Waals surface area (Å²) in [4.78, 5) is 10.3. The van der Waals surface area contributed by atoms with Gasteiger partial charge in [0.05, 0.1) is 6.42 Å². The summed E-state index contributed by atoms with van der Waals surface area (Å²) in [5.41, 5.74) is 6.97. The standard InChI is InChI=1S/C8H8INO2/c9-6-2-1-5(3-7(6)10)4-8(11)12/h1-3H,4,10H2,(H,11,12). The third-order valence-electron chi connectivity index (χ3n) is 1.42. The van der Waals surface area contributed by atoms with Crippen molar-refractivity contribution in [3.05, 3.63) is 27.3 Å². The Morgan fingerprint density at radius 1 is 1.58 bits per heavy atom. The van der Waals surface area contributed by atoms with Crippen LogP contribution in [0.2, 0.25) is 0 Å². The first kappa shape index (κ1) is 9.31. The van der Waals surface area contributed by atoms with E-state index in [2.05, 4.69) is 22.6 Å². The van der Waals surface area contributed by atoms with Gasteiger partial charge >= 0.3 is 5.97 Å². The first-order chi connectivity index (χ1) is 5.59. The molecule has 1 rings (SSSR count). The smallest absolute Gasteiger partial charge is 0.307 e. The first-order valence-corrected chi connectivity index (χ1v) is 4.43. The van der Waals surface area contributed by atoms with Crippen molar-refractivity contribution >= 4 is 34.2 Å². The molecule has 0 saturated carbocycles. The highest BCUT2D eigenvalue weighted by atomic mass is 127. The molecule has 1 aromatic carbocycles. The molecule has 0 saturated heterocycles. The molecular formula is C8H8INO2. The maximum Gasteiger partial charge on any atom is 0.307 e. The molecule has 64 valence electrons. The van der Waals surface area contributed by atoms with E-state index in [0.717, 1.165) is 9.13 Å². The number of carboxylic acids is 1. The summed E-state index contributed by atoms with van der Waals surface area (Å²) in [6.45, 7) is 0. The van der Waals surface area contributed by atoms with E-state index in [1.54, 1.807) is 12.1 Å². The molecule has 0 aromatic heterocycles. The number of anilines is 1. The van der Waals surface area contributed by atoms with E-state index < -0.39 is 5.97 Å². The van der Waals surface area contributed by atoms with Gasteiger partial charge < -0.3 is 10.8 Å². The highest BCUT2D eigenvalue weighted by Gasteiger charge is 2.01. The Kier molecular flexibility index (Phi) is 2.91. The summed E-state index contributed by atoms with van der Waals surface area (Å²) in [6.07, 6.45) is 0.0289. The number of aliphatic carboxylic acids is 1. The predicted molar refractivity (Wildman–Crippen MR) is 54.9 cm³/mol. The van der Waals surface area contributed by atoms with E-state index in [1.807, 2.05) is 6.07 Å². The van der Waals surface area contributed by atoms with Crippen LogP contribution in [-0.2, 0) is 11.2 Å². The van der Waals surface area contributed by atoms with Crippen LogP contribution in [-0.4, -0.2) is 11.1 Å². The molecule has 0 aliphatic rings. The maximum absolute atomic E-state index is 10.3. The van der Waals surface area contributed by atoms with Crippen LogP contribution in [0.25, 0.3) is 0 Å². The molecule has 3 N–H and O–H groups in total. The Morgan fingerprint density at radius 2 is 2.25 bits per heavy atom. The molecule has 0 radical (unpaired) electrons. The fraction of sp³-hybridized carbons (Fsp3) is 0.125. The van der Waals surface area contributed by atoms with Crippen LogP contribution in [0, 0.1) is 3.57 Å². The summed E-state index contributed by atoms with van der Waals surface area (Å²) in [5, 5.41) is 8.48. The molecule has 12 heavy (non-hydrogen) atoms. The fourth-order valence-electron chi connectivity index (χ4n) is 0.878. The lowest BCUT2D eigenvalue weighted by molar-refractivity contribution is -0.136. The van der Waals surface area contributed by atoms with Gasteiger partial charge in [0.1, 0.15) is 0 Å². The van der Waals surface area contributed by atoms with Crippen LogP contribution in [0.5, 0.6) is 0 Å². The summed E-state index contributed by atoms with van der Waals surface area (Å²) in [5.74, 6) is -0.837. The summed E-state index contributed by atoms with van der Waals surface area (Å²) in [7, 11) is 0. The Balaban J connectivity index is 2.89. The molecule has 4 heteroatoms. The fourth-order valence-corrected chi connectivity index (χ4v) is 1.21. The Bertz CT molecular complexity index is 312. The highest BCUT2D eigenvalue weighted by Crippen LogP contribution is 2.16. The number of halogens is 1. The molecule has 0 spiro atoms. The van der Waals surface area contributed by atoms with Gasteiger partial charge in [-0.25, -0.2) is 0 Å².